The molecule has 0 heterocycles. The molecule has 0 saturated heterocycles. The Bertz CT molecular complexity index is 123. The molecule has 1 nitrogen and oxygen atoms in total. The molecule has 0 aliphatic heterocycles. The van der Waals surface area contributed by atoms with Crippen LogP contribution < -0.4 is 0 Å². The van der Waals surface area contributed by atoms with Crippen LogP contribution in [0.5, 0.6) is 0 Å². The second kappa shape index (κ2) is 4.53. The summed E-state index contributed by atoms with van der Waals surface area (Å²) in [6, 6.07) is 0. The van der Waals surface area contributed by atoms with E-state index in [1.807, 2.05) is 0 Å². The van der Waals surface area contributed by atoms with E-state index >= 15 is 0 Å². The van der Waals surface area contributed by atoms with Crippen LogP contribution in [-0.2, 0) is 4.79 Å². The maximum Gasteiger partial charge on any atom is 0.138 e. The number of carbonyl (C=O) groups excluding carboxylic acids is 1. The van der Waals surface area contributed by atoms with Gasteiger partial charge in [-0.3, -0.25) is 4.79 Å². The zero-order valence-electron chi connectivity index (χ0n) is 8.24. The van der Waals surface area contributed by atoms with Crippen LogP contribution in [0.3, 0.4) is 0 Å². The third-order valence-electron chi connectivity index (χ3n) is 2.71. The lowest BCUT2D eigenvalue weighted by atomic mass is 9.79. The quantitative estimate of drug-likeness (QED) is 0.597. The molecular weight excluding hydrogens is 136 g/mol. The van der Waals surface area contributed by atoms with Gasteiger partial charge in [-0.15, -0.1) is 0 Å². The average Bonchev–Trinajstić information content (AvgIpc) is 2.03. The second-order valence-corrected chi connectivity index (χ2v) is 3.44. The fourth-order valence-electron chi connectivity index (χ4n) is 1.17. The van der Waals surface area contributed by atoms with Crippen molar-refractivity contribution in [2.45, 2.75) is 53.4 Å². The second-order valence-electron chi connectivity index (χ2n) is 3.44. The van der Waals surface area contributed by atoms with Gasteiger partial charge in [0.15, 0.2) is 0 Å². The summed E-state index contributed by atoms with van der Waals surface area (Å²) < 4.78 is 0. The Kier molecular flexibility index (Phi) is 4.39. The Balaban J connectivity index is 4.12. The molecule has 0 rings (SSSR count). The normalized spacial score (nSPS) is 11.6. The van der Waals surface area contributed by atoms with E-state index in [-0.39, 0.29) is 5.41 Å². The van der Waals surface area contributed by atoms with Crippen LogP contribution in [0.2, 0.25) is 0 Å². The molecule has 0 aromatic heterocycles. The minimum absolute atomic E-state index is 0.0456. The first-order valence-corrected chi connectivity index (χ1v) is 4.64. The first kappa shape index (κ1) is 10.7. The Hall–Kier alpha value is -0.330. The molecule has 0 spiro atoms. The number of hydrogen-bond donors (Lipinski definition) is 0. The van der Waals surface area contributed by atoms with Gasteiger partial charge in [-0.1, -0.05) is 27.7 Å². The number of hydrogen-bond acceptors (Lipinski definition) is 1. The van der Waals surface area contributed by atoms with Crippen molar-refractivity contribution in [2.75, 3.05) is 0 Å². The third kappa shape index (κ3) is 2.64. The van der Waals surface area contributed by atoms with Gasteiger partial charge in [0.1, 0.15) is 5.78 Å². The highest BCUT2D eigenvalue weighted by Crippen LogP contribution is 2.28. The number of Topliss-reactive ketones (excluding diaryl/α,β-unsaturated/α-hetero) is 1. The minimum atomic E-state index is -0.0456. The highest BCUT2D eigenvalue weighted by atomic mass is 16.1. The Labute approximate surface area is 70.2 Å². The predicted octanol–water partition coefficient (Wildman–Crippen LogP) is 3.18. The molecule has 0 atom stereocenters. The van der Waals surface area contributed by atoms with Crippen molar-refractivity contribution in [3.63, 3.8) is 0 Å². The van der Waals surface area contributed by atoms with Gasteiger partial charge in [-0.25, -0.2) is 0 Å². The number of ketones is 1. The monoisotopic (exact) mass is 156 g/mol. The van der Waals surface area contributed by atoms with Crippen molar-refractivity contribution >= 4 is 5.78 Å². The van der Waals surface area contributed by atoms with Gasteiger partial charge in [0.05, 0.1) is 0 Å². The van der Waals surface area contributed by atoms with Gasteiger partial charge in [0, 0.05) is 11.8 Å². The summed E-state index contributed by atoms with van der Waals surface area (Å²) in [7, 11) is 0. The van der Waals surface area contributed by atoms with E-state index in [0.29, 0.717) is 5.78 Å². The molecule has 0 radical (unpaired) electrons. The summed E-state index contributed by atoms with van der Waals surface area (Å²) in [4.78, 5) is 11.5. The molecular formula is C10H20O. The molecule has 0 N–H and O–H groups in total. The van der Waals surface area contributed by atoms with Gasteiger partial charge < -0.3 is 0 Å². The van der Waals surface area contributed by atoms with Crippen LogP contribution in [-0.4, -0.2) is 5.78 Å². The average molecular weight is 156 g/mol. The van der Waals surface area contributed by atoms with Gasteiger partial charge >= 0.3 is 0 Å². The van der Waals surface area contributed by atoms with Crippen LogP contribution in [0.4, 0.5) is 0 Å². The zero-order chi connectivity index (χ0) is 8.91. The lowest BCUT2D eigenvalue weighted by Gasteiger charge is -2.24. The molecule has 0 unspecified atom stereocenters. The van der Waals surface area contributed by atoms with Crippen molar-refractivity contribution < 1.29 is 4.79 Å². The highest BCUT2D eigenvalue weighted by Gasteiger charge is 2.27. The molecule has 0 amide bonds. The molecule has 0 saturated carbocycles. The van der Waals surface area contributed by atoms with Crippen molar-refractivity contribution in [1.82, 2.24) is 0 Å². The maximum atomic E-state index is 11.5. The Morgan fingerprint density at radius 1 is 1.18 bits per heavy atom. The van der Waals surface area contributed by atoms with Gasteiger partial charge in [0.25, 0.3) is 0 Å². The first-order chi connectivity index (χ1) is 5.10. The van der Waals surface area contributed by atoms with E-state index in [9.17, 15) is 4.79 Å². The molecule has 66 valence electrons. The van der Waals surface area contributed by atoms with E-state index < -0.39 is 0 Å². The standard InChI is InChI=1S/C10H20O/c1-5-8-9(11)10(4,6-2)7-3/h5-8H2,1-4H3. The lowest BCUT2D eigenvalue weighted by Crippen LogP contribution is -2.25. The van der Waals surface area contributed by atoms with E-state index in [0.717, 1.165) is 25.7 Å². The number of rotatable bonds is 5. The van der Waals surface area contributed by atoms with Gasteiger partial charge in [0.2, 0.25) is 0 Å². The molecule has 1 heteroatoms. The van der Waals surface area contributed by atoms with E-state index in [2.05, 4.69) is 27.7 Å². The smallest absolute Gasteiger partial charge is 0.138 e. The molecule has 0 aromatic rings. The van der Waals surface area contributed by atoms with Crippen LogP contribution in [0, 0.1) is 5.41 Å². The fraction of sp³-hybridized carbons (Fsp3) is 0.900. The first-order valence-electron chi connectivity index (χ1n) is 4.64. The summed E-state index contributed by atoms with van der Waals surface area (Å²) in [5.74, 6) is 0.435. The molecule has 0 bridgehead atoms. The summed E-state index contributed by atoms with van der Waals surface area (Å²) in [5, 5.41) is 0. The topological polar surface area (TPSA) is 17.1 Å². The number of carbonyl (C=O) groups is 1. The SMILES string of the molecule is CCCC(=O)C(C)(CC)CC. The van der Waals surface area contributed by atoms with Gasteiger partial charge in [-0.05, 0) is 19.3 Å². The molecule has 0 aliphatic rings. The Morgan fingerprint density at radius 3 is 1.91 bits per heavy atom. The van der Waals surface area contributed by atoms with Crippen molar-refractivity contribution in [2.24, 2.45) is 5.41 Å². The summed E-state index contributed by atoms with van der Waals surface area (Å²) >= 11 is 0. The van der Waals surface area contributed by atoms with Crippen LogP contribution >= 0.6 is 0 Å². The largest absolute Gasteiger partial charge is 0.299 e. The minimum Gasteiger partial charge on any atom is -0.299 e. The van der Waals surface area contributed by atoms with Crippen molar-refractivity contribution in [1.29, 1.82) is 0 Å². The molecule has 0 fully saturated rings. The molecule has 0 aliphatic carbocycles. The van der Waals surface area contributed by atoms with E-state index in [1.165, 1.54) is 0 Å². The molecule has 11 heavy (non-hydrogen) atoms. The van der Waals surface area contributed by atoms with Crippen molar-refractivity contribution in [3.05, 3.63) is 0 Å². The van der Waals surface area contributed by atoms with E-state index in [4.69, 9.17) is 0 Å². The highest BCUT2D eigenvalue weighted by molar-refractivity contribution is 5.84. The zero-order valence-corrected chi connectivity index (χ0v) is 8.24. The van der Waals surface area contributed by atoms with Crippen LogP contribution in [0.1, 0.15) is 53.4 Å². The Morgan fingerprint density at radius 2 is 1.64 bits per heavy atom. The van der Waals surface area contributed by atoms with Crippen LogP contribution in [0.15, 0.2) is 0 Å². The lowest BCUT2D eigenvalue weighted by molar-refractivity contribution is -0.128. The summed E-state index contributed by atoms with van der Waals surface area (Å²) in [6.45, 7) is 8.32. The van der Waals surface area contributed by atoms with E-state index in [1.54, 1.807) is 0 Å². The fourth-order valence-corrected chi connectivity index (χ4v) is 1.17. The predicted molar refractivity (Wildman–Crippen MR) is 48.6 cm³/mol. The third-order valence-corrected chi connectivity index (χ3v) is 2.71. The molecule has 0 aromatic carbocycles. The maximum absolute atomic E-state index is 11.5. The summed E-state index contributed by atoms with van der Waals surface area (Å²) in [6.07, 6.45) is 3.68. The van der Waals surface area contributed by atoms with Crippen molar-refractivity contribution in [3.8, 4) is 0 Å². The van der Waals surface area contributed by atoms with Gasteiger partial charge in [-0.2, -0.15) is 0 Å². The van der Waals surface area contributed by atoms with Crippen LogP contribution in [0.25, 0.3) is 0 Å². The summed E-state index contributed by atoms with van der Waals surface area (Å²) in [5.41, 5.74) is -0.0456.